The predicted molar refractivity (Wildman–Crippen MR) is 143 cm³/mol. The molecule has 0 saturated carbocycles. The zero-order valence-corrected chi connectivity index (χ0v) is 23.2. The van der Waals surface area contributed by atoms with E-state index in [4.69, 9.17) is 4.74 Å². The van der Waals surface area contributed by atoms with Crippen LogP contribution in [0.3, 0.4) is 0 Å². The lowest BCUT2D eigenvalue weighted by Gasteiger charge is -2.35. The predicted octanol–water partition coefficient (Wildman–Crippen LogP) is 4.36. The molecular formula is C28H38F3N5O3. The quantitative estimate of drug-likeness (QED) is 0.187. The van der Waals surface area contributed by atoms with Crippen LogP contribution in [0.15, 0.2) is 41.4 Å². The molecule has 0 aromatic carbocycles. The number of hydrogen-bond acceptors (Lipinski definition) is 6. The number of piperidine rings is 1. The van der Waals surface area contributed by atoms with Gasteiger partial charge in [-0.1, -0.05) is 6.92 Å². The van der Waals surface area contributed by atoms with Gasteiger partial charge >= 0.3 is 6.18 Å². The second-order valence-corrected chi connectivity index (χ2v) is 10.0. The number of carbonyl (C=O) groups excluding carboxylic acids is 2. The van der Waals surface area contributed by atoms with Crippen LogP contribution in [0.1, 0.15) is 60.6 Å². The summed E-state index contributed by atoms with van der Waals surface area (Å²) in [5.41, 5.74) is 3.95. The smallest absolute Gasteiger partial charge is 0.390 e. The molecule has 1 aliphatic rings. The number of ether oxygens (including phenoxy) is 1. The highest BCUT2D eigenvalue weighted by Crippen LogP contribution is 2.37. The molecule has 2 aromatic heterocycles. The van der Waals surface area contributed by atoms with Crippen molar-refractivity contribution in [1.82, 2.24) is 25.1 Å². The first-order valence-electron chi connectivity index (χ1n) is 13.1. The molecule has 11 heteroatoms. The lowest BCUT2D eigenvalue weighted by Crippen LogP contribution is -2.37. The maximum Gasteiger partial charge on any atom is 0.390 e. The first-order chi connectivity index (χ1) is 18.5. The van der Waals surface area contributed by atoms with Gasteiger partial charge in [-0.2, -0.15) is 18.3 Å². The van der Waals surface area contributed by atoms with Gasteiger partial charge < -0.3 is 20.3 Å². The summed E-state index contributed by atoms with van der Waals surface area (Å²) in [7, 11) is 3.22. The fourth-order valence-corrected chi connectivity index (χ4v) is 5.24. The molecule has 1 aliphatic heterocycles. The van der Waals surface area contributed by atoms with Crippen LogP contribution < -0.4 is 10.6 Å². The zero-order chi connectivity index (χ0) is 28.7. The van der Waals surface area contributed by atoms with Crippen LogP contribution in [0, 0.1) is 12.8 Å². The lowest BCUT2D eigenvalue weighted by atomic mass is 9.82. The van der Waals surface area contributed by atoms with Crippen molar-refractivity contribution in [3.05, 3.63) is 58.3 Å². The molecule has 0 aliphatic carbocycles. The number of halogens is 3. The van der Waals surface area contributed by atoms with E-state index in [1.807, 2.05) is 24.8 Å². The number of aromatic nitrogens is 2. The number of aldehydes is 1. The molecule has 39 heavy (non-hydrogen) atoms. The number of nitrogens with one attached hydrogen (secondary N) is 2. The van der Waals surface area contributed by atoms with E-state index in [9.17, 15) is 22.8 Å². The summed E-state index contributed by atoms with van der Waals surface area (Å²) >= 11 is 0. The van der Waals surface area contributed by atoms with Gasteiger partial charge in [0.15, 0.2) is 6.29 Å². The average Bonchev–Trinajstić information content (AvgIpc) is 3.22. The normalized spacial score (nSPS) is 17.1. The van der Waals surface area contributed by atoms with E-state index in [0.29, 0.717) is 41.8 Å². The van der Waals surface area contributed by atoms with E-state index >= 15 is 0 Å². The third kappa shape index (κ3) is 7.40. The van der Waals surface area contributed by atoms with E-state index < -0.39 is 12.6 Å². The first-order valence-corrected chi connectivity index (χ1v) is 13.1. The van der Waals surface area contributed by atoms with Gasteiger partial charge in [0.25, 0.3) is 5.91 Å². The van der Waals surface area contributed by atoms with Crippen molar-refractivity contribution in [2.45, 2.75) is 52.1 Å². The average molecular weight is 550 g/mol. The standard InChI is InChI=1S/C28H38F3N5O3/c1-18(32-4)15-24(39-5)22(17-37)16-33-27(38)25-20(3)26(36-23(25)7-6-11-34-36)19(2)21-8-12-35(13-9-21)14-10-28(29,30)31/h6-7,11,15,17,19,21,32H,8-10,12-14,16H2,1-5H3,(H,33,38)/b18-15-,24-22+. The van der Waals surface area contributed by atoms with Gasteiger partial charge in [0.2, 0.25) is 0 Å². The van der Waals surface area contributed by atoms with E-state index in [1.54, 1.807) is 29.9 Å². The molecule has 8 nitrogen and oxygen atoms in total. The van der Waals surface area contributed by atoms with Crippen LogP contribution in [0.5, 0.6) is 0 Å². The highest BCUT2D eigenvalue weighted by Gasteiger charge is 2.33. The first kappa shape index (κ1) is 30.2. The summed E-state index contributed by atoms with van der Waals surface area (Å²) in [6.45, 7) is 7.04. The van der Waals surface area contributed by atoms with Crippen molar-refractivity contribution in [2.75, 3.05) is 40.3 Å². The molecule has 1 fully saturated rings. The van der Waals surface area contributed by atoms with E-state index in [1.165, 1.54) is 7.11 Å². The summed E-state index contributed by atoms with van der Waals surface area (Å²) in [5.74, 6) is 0.313. The molecular weight excluding hydrogens is 511 g/mol. The minimum Gasteiger partial charge on any atom is -0.496 e. The number of carbonyl (C=O) groups is 2. The number of allylic oxidation sites excluding steroid dienone is 2. The Labute approximate surface area is 227 Å². The van der Waals surface area contributed by atoms with Crippen molar-refractivity contribution < 1.29 is 27.5 Å². The maximum atomic E-state index is 13.4. The Morgan fingerprint density at radius 3 is 2.59 bits per heavy atom. The molecule has 2 aromatic rings. The molecule has 3 rings (SSSR count). The Balaban J connectivity index is 1.82. The summed E-state index contributed by atoms with van der Waals surface area (Å²) in [6, 6.07) is 3.60. The van der Waals surface area contributed by atoms with Crippen LogP contribution in [-0.4, -0.2) is 73.2 Å². The van der Waals surface area contributed by atoms with E-state index in [2.05, 4.69) is 22.7 Å². The van der Waals surface area contributed by atoms with Gasteiger partial charge in [-0.05, 0) is 69.5 Å². The zero-order valence-electron chi connectivity index (χ0n) is 23.2. The van der Waals surface area contributed by atoms with Crippen LogP contribution in [0.25, 0.3) is 5.52 Å². The second-order valence-electron chi connectivity index (χ2n) is 10.0. The molecule has 1 unspecified atom stereocenters. The Bertz CT molecular complexity index is 1230. The Kier molecular flexibility index (Phi) is 10.2. The Morgan fingerprint density at radius 1 is 1.31 bits per heavy atom. The van der Waals surface area contributed by atoms with Crippen LogP contribution >= 0.6 is 0 Å². The van der Waals surface area contributed by atoms with Gasteiger partial charge in [-0.3, -0.25) is 9.59 Å². The van der Waals surface area contributed by atoms with Gasteiger partial charge in [-0.25, -0.2) is 4.52 Å². The number of fused-ring (bicyclic) bond motifs is 1. The summed E-state index contributed by atoms with van der Waals surface area (Å²) in [5, 5.41) is 10.4. The number of amides is 1. The molecule has 3 heterocycles. The number of likely N-dealkylation sites (tertiary alicyclic amines) is 1. The van der Waals surface area contributed by atoms with Gasteiger partial charge in [0.1, 0.15) is 5.76 Å². The summed E-state index contributed by atoms with van der Waals surface area (Å²) in [4.78, 5) is 27.1. The van der Waals surface area contributed by atoms with Gasteiger partial charge in [-0.15, -0.1) is 0 Å². The fraction of sp³-hybridized carbons (Fsp3) is 0.536. The van der Waals surface area contributed by atoms with Crippen LogP contribution in [0.2, 0.25) is 0 Å². The van der Waals surface area contributed by atoms with Crippen molar-refractivity contribution in [2.24, 2.45) is 5.92 Å². The number of methoxy groups -OCH3 is 1. The molecule has 0 bridgehead atoms. The lowest BCUT2D eigenvalue weighted by molar-refractivity contribution is -0.138. The van der Waals surface area contributed by atoms with E-state index in [-0.39, 0.29) is 30.8 Å². The molecule has 1 saturated heterocycles. The summed E-state index contributed by atoms with van der Waals surface area (Å²) in [6.07, 6.45) is 0.617. The molecule has 0 radical (unpaired) electrons. The molecule has 0 spiro atoms. The van der Waals surface area contributed by atoms with Crippen molar-refractivity contribution in [3.63, 3.8) is 0 Å². The molecule has 1 atom stereocenters. The number of rotatable bonds is 11. The Hall–Kier alpha value is -3.34. The van der Waals surface area contributed by atoms with E-state index in [0.717, 1.165) is 29.8 Å². The van der Waals surface area contributed by atoms with Crippen LogP contribution in [0.4, 0.5) is 13.2 Å². The monoisotopic (exact) mass is 549 g/mol. The molecule has 214 valence electrons. The summed E-state index contributed by atoms with van der Waals surface area (Å²) < 4.78 is 45.1. The number of nitrogens with zero attached hydrogens (tertiary/aromatic N) is 3. The van der Waals surface area contributed by atoms with Crippen molar-refractivity contribution in [1.29, 1.82) is 0 Å². The maximum absolute atomic E-state index is 13.4. The topological polar surface area (TPSA) is 88.0 Å². The minimum atomic E-state index is -4.15. The Morgan fingerprint density at radius 2 is 2.00 bits per heavy atom. The molecule has 1 amide bonds. The van der Waals surface area contributed by atoms with Crippen LogP contribution in [-0.2, 0) is 9.53 Å². The van der Waals surface area contributed by atoms with Gasteiger partial charge in [0, 0.05) is 37.1 Å². The molecule has 2 N–H and O–H groups in total. The highest BCUT2D eigenvalue weighted by atomic mass is 19.4. The third-order valence-electron chi connectivity index (χ3n) is 7.56. The largest absolute Gasteiger partial charge is 0.496 e. The third-order valence-corrected chi connectivity index (χ3v) is 7.56. The van der Waals surface area contributed by atoms with Crippen molar-refractivity contribution >= 4 is 17.7 Å². The highest BCUT2D eigenvalue weighted by molar-refractivity contribution is 6.03. The minimum absolute atomic E-state index is 0.0166. The number of hydrogen-bond donors (Lipinski definition) is 2. The van der Waals surface area contributed by atoms with Crippen molar-refractivity contribution in [3.8, 4) is 0 Å². The SMILES string of the molecule is CN/C(C)=C\C(OC)=C(/C=O)CNC(=O)c1c(C)c(C(C)C2CCN(CCC(F)(F)F)CC2)n2ncccc12. The number of alkyl halides is 3. The fourth-order valence-electron chi connectivity index (χ4n) is 5.24. The second kappa shape index (κ2) is 13.1. The van der Waals surface area contributed by atoms with Gasteiger partial charge in [0.05, 0.1) is 36.7 Å².